The second-order valence-corrected chi connectivity index (χ2v) is 7.57. The Labute approximate surface area is 127 Å². The van der Waals surface area contributed by atoms with E-state index in [4.69, 9.17) is 5.73 Å². The maximum absolute atomic E-state index is 11.5. The molecule has 0 spiro atoms. The zero-order chi connectivity index (χ0) is 15.5. The molecule has 2 unspecified atom stereocenters. The van der Waals surface area contributed by atoms with Crippen molar-refractivity contribution in [2.45, 2.75) is 31.8 Å². The zero-order valence-electron chi connectivity index (χ0n) is 12.7. The Kier molecular flexibility index (Phi) is 5.37. The highest BCUT2D eigenvalue weighted by molar-refractivity contribution is 7.88. The molecule has 0 heterocycles. The van der Waals surface area contributed by atoms with Crippen LogP contribution in [0.15, 0.2) is 24.3 Å². The van der Waals surface area contributed by atoms with Gasteiger partial charge in [-0.1, -0.05) is 31.2 Å². The minimum Gasteiger partial charge on any atom is -0.324 e. The van der Waals surface area contributed by atoms with E-state index >= 15 is 0 Å². The summed E-state index contributed by atoms with van der Waals surface area (Å²) in [5.41, 5.74) is 8.64. The average Bonchev–Trinajstić information content (AvgIpc) is 2.75. The molecule has 1 aromatic rings. The van der Waals surface area contributed by atoms with Gasteiger partial charge in [0.2, 0.25) is 10.0 Å². The Morgan fingerprint density at radius 2 is 2.00 bits per heavy atom. The number of nitrogens with zero attached hydrogens (tertiary/aromatic N) is 1. The van der Waals surface area contributed by atoms with Crippen LogP contribution in [0.1, 0.15) is 43.0 Å². The van der Waals surface area contributed by atoms with E-state index in [2.05, 4.69) is 17.4 Å². The van der Waals surface area contributed by atoms with Crippen LogP contribution in [0.2, 0.25) is 0 Å². The number of benzene rings is 1. The third-order valence-electron chi connectivity index (χ3n) is 4.06. The molecule has 0 fully saturated rings. The smallest absolute Gasteiger partial charge is 0.211 e. The standard InChI is InChI=1S/C15H25N3O2S/c1-3-18(21(2,19)20)10-6-9-17-15-11-14(16)12-7-4-5-8-13(12)15/h4-5,7-8,14-15,17H,3,6,9-11,16H2,1-2H3. The third-order valence-corrected chi connectivity index (χ3v) is 5.44. The van der Waals surface area contributed by atoms with Crippen molar-refractivity contribution in [2.24, 2.45) is 5.73 Å². The lowest BCUT2D eigenvalue weighted by Gasteiger charge is -2.19. The maximum Gasteiger partial charge on any atom is 0.211 e. The molecule has 1 aliphatic carbocycles. The number of sulfonamides is 1. The number of rotatable bonds is 7. The first-order chi connectivity index (χ1) is 9.93. The molecule has 1 aromatic carbocycles. The van der Waals surface area contributed by atoms with E-state index in [9.17, 15) is 8.42 Å². The van der Waals surface area contributed by atoms with Gasteiger partial charge in [0.05, 0.1) is 6.26 Å². The lowest BCUT2D eigenvalue weighted by molar-refractivity contribution is 0.407. The van der Waals surface area contributed by atoms with Crippen molar-refractivity contribution in [2.75, 3.05) is 25.9 Å². The van der Waals surface area contributed by atoms with Gasteiger partial charge in [0.1, 0.15) is 0 Å². The summed E-state index contributed by atoms with van der Waals surface area (Å²) in [6.07, 6.45) is 2.97. The van der Waals surface area contributed by atoms with Crippen molar-refractivity contribution in [1.29, 1.82) is 0 Å². The van der Waals surface area contributed by atoms with Crippen LogP contribution in [0.4, 0.5) is 0 Å². The highest BCUT2D eigenvalue weighted by atomic mass is 32.2. The van der Waals surface area contributed by atoms with Gasteiger partial charge in [-0.15, -0.1) is 0 Å². The Morgan fingerprint density at radius 3 is 2.62 bits per heavy atom. The Hall–Kier alpha value is -0.950. The van der Waals surface area contributed by atoms with E-state index < -0.39 is 10.0 Å². The topological polar surface area (TPSA) is 75.4 Å². The Balaban J connectivity index is 1.83. The average molecular weight is 311 g/mol. The van der Waals surface area contributed by atoms with E-state index in [1.165, 1.54) is 21.7 Å². The van der Waals surface area contributed by atoms with Crippen molar-refractivity contribution in [3.05, 3.63) is 35.4 Å². The first kappa shape index (κ1) is 16.4. The largest absolute Gasteiger partial charge is 0.324 e. The molecule has 118 valence electrons. The van der Waals surface area contributed by atoms with Crippen molar-refractivity contribution in [3.63, 3.8) is 0 Å². The first-order valence-electron chi connectivity index (χ1n) is 7.46. The lowest BCUT2D eigenvalue weighted by atomic mass is 10.1. The SMILES string of the molecule is CCN(CCCNC1CC(N)c2ccccc21)S(C)(=O)=O. The van der Waals surface area contributed by atoms with Crippen LogP contribution >= 0.6 is 0 Å². The van der Waals surface area contributed by atoms with Gasteiger partial charge in [0.15, 0.2) is 0 Å². The molecule has 3 N–H and O–H groups in total. The van der Waals surface area contributed by atoms with Gasteiger partial charge in [0, 0.05) is 25.2 Å². The summed E-state index contributed by atoms with van der Waals surface area (Å²) < 4.78 is 24.5. The van der Waals surface area contributed by atoms with Gasteiger partial charge in [-0.05, 0) is 30.5 Å². The fourth-order valence-electron chi connectivity index (χ4n) is 2.96. The van der Waals surface area contributed by atoms with E-state index in [0.717, 1.165) is 19.4 Å². The summed E-state index contributed by atoms with van der Waals surface area (Å²) in [7, 11) is -3.09. The van der Waals surface area contributed by atoms with E-state index in [1.54, 1.807) is 0 Å². The zero-order valence-corrected chi connectivity index (χ0v) is 13.6. The van der Waals surface area contributed by atoms with Gasteiger partial charge < -0.3 is 11.1 Å². The normalized spacial score (nSPS) is 21.7. The van der Waals surface area contributed by atoms with Gasteiger partial charge in [-0.25, -0.2) is 12.7 Å². The Morgan fingerprint density at radius 1 is 1.33 bits per heavy atom. The van der Waals surface area contributed by atoms with Gasteiger partial charge in [-0.3, -0.25) is 0 Å². The van der Waals surface area contributed by atoms with Gasteiger partial charge in [-0.2, -0.15) is 0 Å². The molecule has 5 nitrogen and oxygen atoms in total. The molecule has 21 heavy (non-hydrogen) atoms. The van der Waals surface area contributed by atoms with Crippen molar-refractivity contribution < 1.29 is 8.42 Å². The second kappa shape index (κ2) is 6.87. The minimum absolute atomic E-state index is 0.0989. The molecule has 2 atom stereocenters. The van der Waals surface area contributed by atoms with E-state index in [-0.39, 0.29) is 12.1 Å². The lowest BCUT2D eigenvalue weighted by Crippen LogP contribution is -2.32. The summed E-state index contributed by atoms with van der Waals surface area (Å²) in [5, 5.41) is 3.50. The first-order valence-corrected chi connectivity index (χ1v) is 9.31. The number of fused-ring (bicyclic) bond motifs is 1. The highest BCUT2D eigenvalue weighted by Crippen LogP contribution is 2.36. The number of hydrogen-bond acceptors (Lipinski definition) is 4. The molecular weight excluding hydrogens is 286 g/mol. The number of nitrogens with two attached hydrogens (primary N) is 1. The molecular formula is C15H25N3O2S. The fourth-order valence-corrected chi connectivity index (χ4v) is 3.89. The molecule has 0 radical (unpaired) electrons. The van der Waals surface area contributed by atoms with Gasteiger partial charge in [0.25, 0.3) is 0 Å². The van der Waals surface area contributed by atoms with Crippen LogP contribution in [0.3, 0.4) is 0 Å². The Bertz CT molecular complexity index is 574. The van der Waals surface area contributed by atoms with Crippen LogP contribution < -0.4 is 11.1 Å². The van der Waals surface area contributed by atoms with Crippen molar-refractivity contribution >= 4 is 10.0 Å². The van der Waals surface area contributed by atoms with Crippen LogP contribution in [-0.2, 0) is 10.0 Å². The molecule has 0 saturated heterocycles. The molecule has 0 bridgehead atoms. The summed E-state index contributed by atoms with van der Waals surface area (Å²) in [6, 6.07) is 8.64. The minimum atomic E-state index is -3.09. The molecule has 0 aliphatic heterocycles. The predicted octanol–water partition coefficient (Wildman–Crippen LogP) is 1.39. The van der Waals surface area contributed by atoms with Crippen molar-refractivity contribution in [1.82, 2.24) is 9.62 Å². The van der Waals surface area contributed by atoms with Crippen LogP contribution in [0.5, 0.6) is 0 Å². The van der Waals surface area contributed by atoms with Crippen LogP contribution in [-0.4, -0.2) is 38.6 Å². The summed E-state index contributed by atoms with van der Waals surface area (Å²) >= 11 is 0. The van der Waals surface area contributed by atoms with E-state index in [1.807, 2.05) is 19.1 Å². The fraction of sp³-hybridized carbons (Fsp3) is 0.600. The quantitative estimate of drug-likeness (QED) is 0.746. The molecule has 2 rings (SSSR count). The summed E-state index contributed by atoms with van der Waals surface area (Å²) in [4.78, 5) is 0. The van der Waals surface area contributed by atoms with Crippen LogP contribution in [0.25, 0.3) is 0 Å². The number of hydrogen-bond donors (Lipinski definition) is 2. The number of nitrogens with one attached hydrogen (secondary N) is 1. The summed E-state index contributed by atoms with van der Waals surface area (Å²) in [6.45, 7) is 3.73. The summed E-state index contributed by atoms with van der Waals surface area (Å²) in [5.74, 6) is 0. The van der Waals surface area contributed by atoms with Gasteiger partial charge >= 0.3 is 0 Å². The maximum atomic E-state index is 11.5. The molecule has 0 amide bonds. The molecule has 1 aliphatic rings. The molecule has 6 heteroatoms. The highest BCUT2D eigenvalue weighted by Gasteiger charge is 2.27. The van der Waals surface area contributed by atoms with Crippen LogP contribution in [0, 0.1) is 0 Å². The second-order valence-electron chi connectivity index (χ2n) is 5.59. The van der Waals surface area contributed by atoms with Crippen molar-refractivity contribution in [3.8, 4) is 0 Å². The van der Waals surface area contributed by atoms with E-state index in [0.29, 0.717) is 13.1 Å². The molecule has 0 aromatic heterocycles. The third kappa shape index (κ3) is 4.03. The monoisotopic (exact) mass is 311 g/mol. The predicted molar refractivity (Wildman–Crippen MR) is 85.4 cm³/mol. The molecule has 0 saturated carbocycles.